The highest BCUT2D eigenvalue weighted by Crippen LogP contribution is 2.31. The van der Waals surface area contributed by atoms with E-state index in [4.69, 9.17) is 0 Å². The van der Waals surface area contributed by atoms with Crippen LogP contribution in [0.5, 0.6) is 0 Å². The number of hydrogen-bond acceptors (Lipinski definition) is 1. The first kappa shape index (κ1) is 20.0. The molecule has 0 aromatic heterocycles. The van der Waals surface area contributed by atoms with Crippen LogP contribution in [0, 0.1) is 13.8 Å². The van der Waals surface area contributed by atoms with E-state index in [1.54, 1.807) is 12.1 Å². The van der Waals surface area contributed by atoms with Crippen LogP contribution in [0.3, 0.4) is 0 Å². The second kappa shape index (κ2) is 8.41. The molecule has 1 N–H and O–H groups in total. The molecule has 5 heteroatoms. The van der Waals surface area contributed by atoms with Gasteiger partial charge in [0.1, 0.15) is 17.2 Å². The average Bonchev–Trinajstić information content (AvgIpc) is 2.58. The Labute approximate surface area is 160 Å². The molecule has 2 rings (SSSR count). The van der Waals surface area contributed by atoms with E-state index in [2.05, 4.69) is 33.4 Å². The van der Waals surface area contributed by atoms with Crippen molar-refractivity contribution in [1.82, 2.24) is 0 Å². The first-order valence-electron chi connectivity index (χ1n) is 8.11. The van der Waals surface area contributed by atoms with Crippen LogP contribution in [-0.2, 0) is 4.79 Å². The topological polar surface area (TPSA) is 29.1 Å². The van der Waals surface area contributed by atoms with Crippen molar-refractivity contribution in [3.8, 4) is 11.1 Å². The van der Waals surface area contributed by atoms with Crippen molar-refractivity contribution in [1.29, 1.82) is 0 Å². The van der Waals surface area contributed by atoms with Crippen molar-refractivity contribution in [2.24, 2.45) is 0 Å². The van der Waals surface area contributed by atoms with Gasteiger partial charge in [-0.15, -0.1) is 0 Å². The summed E-state index contributed by atoms with van der Waals surface area (Å²) < 4.78 is 28.2. The van der Waals surface area contributed by atoms with E-state index in [0.29, 0.717) is 5.69 Å². The zero-order valence-electron chi connectivity index (χ0n) is 15.1. The second-order valence-corrected chi connectivity index (χ2v) is 6.85. The van der Waals surface area contributed by atoms with Crippen LogP contribution in [-0.4, -0.2) is 5.91 Å². The number of anilines is 1. The fourth-order valence-corrected chi connectivity index (χ4v) is 3.19. The van der Waals surface area contributed by atoms with Crippen LogP contribution in [0.25, 0.3) is 11.1 Å². The number of carbonyl (C=O) groups is 1. The summed E-state index contributed by atoms with van der Waals surface area (Å²) in [5.41, 5.74) is 4.24. The number of rotatable bonds is 4. The molecule has 0 spiro atoms. The number of benzene rings is 2. The van der Waals surface area contributed by atoms with Gasteiger partial charge in [0, 0.05) is 10.2 Å². The highest BCUT2D eigenvalue weighted by Gasteiger charge is 2.18. The summed E-state index contributed by atoms with van der Waals surface area (Å²) in [4.78, 5) is 12.1. The highest BCUT2D eigenvalue weighted by molar-refractivity contribution is 9.10. The maximum Gasteiger partial charge on any atom is 0.261 e. The van der Waals surface area contributed by atoms with Gasteiger partial charge < -0.3 is 5.32 Å². The molecule has 0 bridgehead atoms. The Bertz CT molecular complexity index is 895. The van der Waals surface area contributed by atoms with E-state index in [0.717, 1.165) is 28.6 Å². The lowest BCUT2D eigenvalue weighted by atomic mass is 10.0. The van der Waals surface area contributed by atoms with Crippen LogP contribution in [0.4, 0.5) is 14.5 Å². The third-order valence-corrected chi connectivity index (χ3v) is 4.76. The smallest absolute Gasteiger partial charge is 0.261 e. The molecule has 0 aliphatic carbocycles. The van der Waals surface area contributed by atoms with Crippen LogP contribution in [0.15, 0.2) is 64.2 Å². The third kappa shape index (κ3) is 4.47. The van der Waals surface area contributed by atoms with Gasteiger partial charge in [0.05, 0.1) is 0 Å². The van der Waals surface area contributed by atoms with Gasteiger partial charge in [-0.1, -0.05) is 40.2 Å². The van der Waals surface area contributed by atoms with Gasteiger partial charge in [-0.3, -0.25) is 4.79 Å². The predicted octanol–water partition coefficient (Wildman–Crippen LogP) is 6.79. The summed E-state index contributed by atoms with van der Waals surface area (Å²) in [6, 6.07) is 11.2. The molecule has 0 atom stereocenters. The van der Waals surface area contributed by atoms with Crippen molar-refractivity contribution in [2.45, 2.75) is 27.7 Å². The first-order chi connectivity index (χ1) is 12.2. The number of hydrogen-bond donors (Lipinski definition) is 1. The molecular weight excluding hydrogens is 400 g/mol. The molecule has 26 heavy (non-hydrogen) atoms. The number of amides is 1. The summed E-state index contributed by atoms with van der Waals surface area (Å²) in [7, 11) is 0. The Kier molecular flexibility index (Phi) is 6.48. The van der Waals surface area contributed by atoms with Gasteiger partial charge >= 0.3 is 0 Å². The first-order valence-corrected chi connectivity index (χ1v) is 8.91. The number of aryl methyl sites for hydroxylation is 2. The minimum atomic E-state index is -0.891. The standard InChI is InChI=1S/C21H20BrF2NO/c1-5-19(24)20(14(4)23)21(26)25-16-8-6-15(7-9-16)17-10-12(2)13(3)11-18(17)22/h5-11H,1-4H3,(H,25,26)/b19-5+,20-14-. The third-order valence-electron chi connectivity index (χ3n) is 4.10. The molecule has 0 heterocycles. The average molecular weight is 420 g/mol. The predicted molar refractivity (Wildman–Crippen MR) is 106 cm³/mol. The molecule has 0 radical (unpaired) electrons. The van der Waals surface area contributed by atoms with E-state index in [9.17, 15) is 13.6 Å². The molecule has 2 nitrogen and oxygen atoms in total. The second-order valence-electron chi connectivity index (χ2n) is 5.99. The normalized spacial score (nSPS) is 12.7. The maximum absolute atomic E-state index is 13.7. The van der Waals surface area contributed by atoms with Crippen LogP contribution >= 0.6 is 15.9 Å². The van der Waals surface area contributed by atoms with Gasteiger partial charge in [0.15, 0.2) is 0 Å². The van der Waals surface area contributed by atoms with E-state index < -0.39 is 23.1 Å². The summed E-state index contributed by atoms with van der Waals surface area (Å²) in [5, 5.41) is 2.52. The molecule has 136 valence electrons. The Balaban J connectivity index is 2.27. The zero-order valence-corrected chi connectivity index (χ0v) is 16.7. The van der Waals surface area contributed by atoms with Gasteiger partial charge in [-0.25, -0.2) is 8.78 Å². The van der Waals surface area contributed by atoms with E-state index in [1.807, 2.05) is 26.0 Å². The molecular formula is C21H20BrF2NO. The van der Waals surface area contributed by atoms with Crippen molar-refractivity contribution >= 4 is 27.5 Å². The van der Waals surface area contributed by atoms with Gasteiger partial charge in [-0.2, -0.15) is 0 Å². The summed E-state index contributed by atoms with van der Waals surface area (Å²) in [6.07, 6.45) is 1.05. The molecule has 0 fully saturated rings. The molecule has 2 aromatic rings. The fourth-order valence-electron chi connectivity index (χ4n) is 2.50. The Morgan fingerprint density at radius 1 is 1.08 bits per heavy atom. The number of halogens is 3. The van der Waals surface area contributed by atoms with Crippen molar-refractivity contribution in [3.05, 3.63) is 75.3 Å². The maximum atomic E-state index is 13.7. The lowest BCUT2D eigenvalue weighted by Crippen LogP contribution is -2.15. The van der Waals surface area contributed by atoms with Crippen LogP contribution < -0.4 is 5.32 Å². The largest absolute Gasteiger partial charge is 0.322 e. The van der Waals surface area contributed by atoms with Crippen molar-refractivity contribution in [3.63, 3.8) is 0 Å². The summed E-state index contributed by atoms with van der Waals surface area (Å²) in [6.45, 7) is 6.55. The van der Waals surface area contributed by atoms with Gasteiger partial charge in [0.2, 0.25) is 0 Å². The van der Waals surface area contributed by atoms with E-state index in [-0.39, 0.29) is 0 Å². The molecule has 2 aromatic carbocycles. The van der Waals surface area contributed by atoms with Crippen LogP contribution in [0.1, 0.15) is 25.0 Å². The van der Waals surface area contributed by atoms with Crippen molar-refractivity contribution < 1.29 is 13.6 Å². The summed E-state index contributed by atoms with van der Waals surface area (Å²) in [5.74, 6) is -2.58. The molecule has 0 aliphatic rings. The monoisotopic (exact) mass is 419 g/mol. The lowest BCUT2D eigenvalue weighted by molar-refractivity contribution is -0.112. The minimum absolute atomic E-state index is 0.460. The Morgan fingerprint density at radius 3 is 2.19 bits per heavy atom. The molecule has 0 unspecified atom stereocenters. The SMILES string of the molecule is C/C=C(F)\C(C(=O)Nc1ccc(-c2cc(C)c(C)cc2Br)cc1)=C(/C)F. The van der Waals surface area contributed by atoms with Gasteiger partial charge in [0.25, 0.3) is 5.91 Å². The molecule has 0 saturated heterocycles. The fraction of sp³-hybridized carbons (Fsp3) is 0.190. The number of allylic oxidation sites excluding steroid dienone is 2. The number of carbonyl (C=O) groups excluding carboxylic acids is 1. The Morgan fingerprint density at radius 2 is 1.65 bits per heavy atom. The van der Waals surface area contributed by atoms with Gasteiger partial charge in [-0.05, 0) is 68.1 Å². The quantitative estimate of drug-likeness (QED) is 0.428. The van der Waals surface area contributed by atoms with E-state index in [1.165, 1.54) is 18.1 Å². The number of nitrogens with one attached hydrogen (secondary N) is 1. The molecule has 0 saturated carbocycles. The lowest BCUT2D eigenvalue weighted by Gasteiger charge is -2.11. The zero-order chi connectivity index (χ0) is 19.4. The van der Waals surface area contributed by atoms with E-state index >= 15 is 0 Å². The highest BCUT2D eigenvalue weighted by atomic mass is 79.9. The minimum Gasteiger partial charge on any atom is -0.322 e. The van der Waals surface area contributed by atoms with Crippen LogP contribution in [0.2, 0.25) is 0 Å². The molecule has 1 amide bonds. The summed E-state index contributed by atoms with van der Waals surface area (Å²) >= 11 is 3.57. The van der Waals surface area contributed by atoms with Crippen molar-refractivity contribution in [2.75, 3.05) is 5.32 Å². The molecule has 0 aliphatic heterocycles. The Hall–Kier alpha value is -2.27.